The lowest BCUT2D eigenvalue weighted by Gasteiger charge is -2.12. The van der Waals surface area contributed by atoms with E-state index in [0.29, 0.717) is 12.0 Å². The molecular formula is C17H12N2O. The molecule has 0 saturated heterocycles. The molecule has 1 aromatic heterocycles. The van der Waals surface area contributed by atoms with Gasteiger partial charge in [0.2, 0.25) is 0 Å². The Bertz CT molecular complexity index is 781. The van der Waals surface area contributed by atoms with Gasteiger partial charge in [0, 0.05) is 30.3 Å². The maximum atomic E-state index is 11.8. The van der Waals surface area contributed by atoms with Crippen LogP contribution in [0.1, 0.15) is 40.0 Å². The minimum atomic E-state index is 0.191. The van der Waals surface area contributed by atoms with Crippen molar-refractivity contribution in [1.82, 2.24) is 4.57 Å². The van der Waals surface area contributed by atoms with Crippen molar-refractivity contribution in [1.29, 1.82) is 5.26 Å². The molecule has 0 aliphatic carbocycles. The van der Waals surface area contributed by atoms with Crippen LogP contribution in [0.2, 0.25) is 0 Å². The number of Topliss-reactive ketones (excluding diaryl/α,β-unsaturated/α-hetero) is 1. The molecule has 2 aromatic rings. The Morgan fingerprint density at radius 1 is 1.10 bits per heavy atom. The lowest BCUT2D eigenvalue weighted by molar-refractivity contribution is 0.0955. The van der Waals surface area contributed by atoms with E-state index in [9.17, 15) is 4.79 Å². The molecule has 1 aliphatic heterocycles. The van der Waals surface area contributed by atoms with Crippen LogP contribution in [0.5, 0.6) is 0 Å². The van der Waals surface area contributed by atoms with Crippen molar-refractivity contribution in [2.75, 3.05) is 0 Å². The number of fused-ring (bicyclic) bond motifs is 1. The van der Waals surface area contributed by atoms with Crippen LogP contribution in [0, 0.1) is 23.2 Å². The first-order valence-electron chi connectivity index (χ1n) is 6.52. The lowest BCUT2D eigenvalue weighted by atomic mass is 10.1. The third-order valence-electron chi connectivity index (χ3n) is 3.33. The first-order chi connectivity index (χ1) is 9.76. The summed E-state index contributed by atoms with van der Waals surface area (Å²) in [5.41, 5.74) is 3.01. The highest BCUT2D eigenvalue weighted by molar-refractivity contribution is 5.95. The number of rotatable bonds is 0. The number of ketones is 1. The molecule has 1 aliphatic rings. The molecular weight excluding hydrogens is 248 g/mol. The molecule has 0 unspecified atom stereocenters. The SMILES string of the molecule is N#Cc1cccc(C#Cc2cc3n(c2)CCCC3=O)c1. The van der Waals surface area contributed by atoms with Gasteiger partial charge in [-0.25, -0.2) is 0 Å². The fraction of sp³-hybridized carbons (Fsp3) is 0.176. The molecule has 3 rings (SSSR count). The van der Waals surface area contributed by atoms with E-state index >= 15 is 0 Å². The van der Waals surface area contributed by atoms with Gasteiger partial charge in [-0.3, -0.25) is 4.79 Å². The van der Waals surface area contributed by atoms with Crippen LogP contribution in [-0.2, 0) is 6.54 Å². The van der Waals surface area contributed by atoms with Gasteiger partial charge < -0.3 is 4.57 Å². The van der Waals surface area contributed by atoms with Gasteiger partial charge >= 0.3 is 0 Å². The molecule has 0 N–H and O–H groups in total. The van der Waals surface area contributed by atoms with Gasteiger partial charge in [0.25, 0.3) is 0 Å². The van der Waals surface area contributed by atoms with E-state index < -0.39 is 0 Å². The van der Waals surface area contributed by atoms with Crippen LogP contribution in [0.15, 0.2) is 36.5 Å². The summed E-state index contributed by atoms with van der Waals surface area (Å²) < 4.78 is 1.97. The highest BCUT2D eigenvalue weighted by Gasteiger charge is 2.17. The Labute approximate surface area is 117 Å². The summed E-state index contributed by atoms with van der Waals surface area (Å²) in [6.07, 6.45) is 3.45. The second kappa shape index (κ2) is 5.07. The maximum Gasteiger partial charge on any atom is 0.179 e. The molecule has 3 heteroatoms. The first kappa shape index (κ1) is 12.3. The minimum Gasteiger partial charge on any atom is -0.344 e. The third-order valence-corrected chi connectivity index (χ3v) is 3.33. The fourth-order valence-electron chi connectivity index (χ4n) is 2.35. The topological polar surface area (TPSA) is 45.8 Å². The molecule has 3 nitrogen and oxygen atoms in total. The zero-order valence-electron chi connectivity index (χ0n) is 10.9. The van der Waals surface area contributed by atoms with Crippen molar-refractivity contribution < 1.29 is 4.79 Å². The first-order valence-corrected chi connectivity index (χ1v) is 6.52. The van der Waals surface area contributed by atoms with Crippen LogP contribution in [0.25, 0.3) is 0 Å². The predicted octanol–water partition coefficient (Wildman–Crippen LogP) is 2.74. The smallest absolute Gasteiger partial charge is 0.179 e. The van der Waals surface area contributed by atoms with Gasteiger partial charge in [-0.05, 0) is 30.7 Å². The van der Waals surface area contributed by atoms with Gasteiger partial charge in [-0.2, -0.15) is 5.26 Å². The molecule has 0 spiro atoms. The Morgan fingerprint density at radius 2 is 1.90 bits per heavy atom. The molecule has 0 saturated carbocycles. The normalized spacial score (nSPS) is 13.1. The molecule has 0 atom stereocenters. The van der Waals surface area contributed by atoms with Crippen molar-refractivity contribution in [3.63, 3.8) is 0 Å². The van der Waals surface area contributed by atoms with E-state index in [2.05, 4.69) is 17.9 Å². The number of carbonyl (C=O) groups is 1. The summed E-state index contributed by atoms with van der Waals surface area (Å²) in [5.74, 6) is 6.28. The quantitative estimate of drug-likeness (QED) is 0.684. The Kier molecular flexibility index (Phi) is 3.11. The Morgan fingerprint density at radius 3 is 2.70 bits per heavy atom. The van der Waals surface area contributed by atoms with E-state index in [1.54, 1.807) is 12.1 Å². The second-order valence-corrected chi connectivity index (χ2v) is 4.78. The molecule has 0 fully saturated rings. The van der Waals surface area contributed by atoms with Crippen molar-refractivity contribution in [2.24, 2.45) is 0 Å². The second-order valence-electron chi connectivity index (χ2n) is 4.78. The van der Waals surface area contributed by atoms with Crippen molar-refractivity contribution in [3.05, 3.63) is 58.9 Å². The lowest BCUT2D eigenvalue weighted by Crippen LogP contribution is -2.14. The zero-order valence-corrected chi connectivity index (χ0v) is 10.9. The molecule has 20 heavy (non-hydrogen) atoms. The number of aryl methyl sites for hydroxylation is 1. The van der Waals surface area contributed by atoms with E-state index in [-0.39, 0.29) is 5.78 Å². The average Bonchev–Trinajstić information content (AvgIpc) is 2.90. The number of carbonyl (C=O) groups excluding carboxylic acids is 1. The number of nitrogens with zero attached hydrogens (tertiary/aromatic N) is 2. The number of benzene rings is 1. The van der Waals surface area contributed by atoms with Crippen molar-refractivity contribution in [3.8, 4) is 17.9 Å². The minimum absolute atomic E-state index is 0.191. The van der Waals surface area contributed by atoms with Gasteiger partial charge in [-0.1, -0.05) is 17.9 Å². The van der Waals surface area contributed by atoms with Crippen LogP contribution in [0.3, 0.4) is 0 Å². The highest BCUT2D eigenvalue weighted by atomic mass is 16.1. The summed E-state index contributed by atoms with van der Waals surface area (Å²) in [6.45, 7) is 0.882. The van der Waals surface area contributed by atoms with E-state index in [0.717, 1.165) is 29.8 Å². The summed E-state index contributed by atoms with van der Waals surface area (Å²) in [7, 11) is 0. The number of aromatic nitrogens is 1. The zero-order chi connectivity index (χ0) is 13.9. The van der Waals surface area contributed by atoms with E-state index in [1.165, 1.54) is 0 Å². The largest absolute Gasteiger partial charge is 0.344 e. The summed E-state index contributed by atoms with van der Waals surface area (Å²) in [5, 5.41) is 8.85. The molecule has 0 radical (unpaired) electrons. The summed E-state index contributed by atoms with van der Waals surface area (Å²) in [4.78, 5) is 11.8. The molecule has 2 heterocycles. The van der Waals surface area contributed by atoms with E-state index in [1.807, 2.05) is 29.0 Å². The maximum absolute atomic E-state index is 11.8. The average molecular weight is 260 g/mol. The van der Waals surface area contributed by atoms with E-state index in [4.69, 9.17) is 5.26 Å². The molecule has 0 amide bonds. The number of nitriles is 1. The van der Waals surface area contributed by atoms with Gasteiger partial charge in [0.1, 0.15) is 0 Å². The van der Waals surface area contributed by atoms with Crippen LogP contribution < -0.4 is 0 Å². The van der Waals surface area contributed by atoms with Crippen molar-refractivity contribution >= 4 is 5.78 Å². The van der Waals surface area contributed by atoms with Crippen LogP contribution >= 0.6 is 0 Å². The fourth-order valence-corrected chi connectivity index (χ4v) is 2.35. The number of hydrogen-bond donors (Lipinski definition) is 0. The predicted molar refractivity (Wildman–Crippen MR) is 75.1 cm³/mol. The van der Waals surface area contributed by atoms with Crippen LogP contribution in [-0.4, -0.2) is 10.4 Å². The summed E-state index contributed by atoms with van der Waals surface area (Å²) in [6, 6.07) is 11.1. The standard InChI is InChI=1S/C17H12N2O/c18-11-14-4-1-3-13(9-14)6-7-15-10-16-17(20)5-2-8-19(16)12-15/h1,3-4,9-10,12H,2,5,8H2. The Hall–Kier alpha value is -2.78. The highest BCUT2D eigenvalue weighted by Crippen LogP contribution is 2.17. The van der Waals surface area contributed by atoms with Crippen LogP contribution in [0.4, 0.5) is 0 Å². The molecule has 96 valence electrons. The molecule has 1 aromatic carbocycles. The van der Waals surface area contributed by atoms with Gasteiger partial charge in [-0.15, -0.1) is 0 Å². The summed E-state index contributed by atoms with van der Waals surface area (Å²) >= 11 is 0. The molecule has 0 bridgehead atoms. The van der Waals surface area contributed by atoms with Gasteiger partial charge in [0.15, 0.2) is 5.78 Å². The monoisotopic (exact) mass is 260 g/mol. The Balaban J connectivity index is 1.91. The number of hydrogen-bond acceptors (Lipinski definition) is 2. The third kappa shape index (κ3) is 2.35. The van der Waals surface area contributed by atoms with Crippen molar-refractivity contribution in [2.45, 2.75) is 19.4 Å². The van der Waals surface area contributed by atoms with Gasteiger partial charge in [0.05, 0.1) is 17.3 Å².